The Bertz CT molecular complexity index is 816. The van der Waals surface area contributed by atoms with Crippen LogP contribution in [0.5, 0.6) is 17.2 Å². The van der Waals surface area contributed by atoms with Gasteiger partial charge in [0.15, 0.2) is 11.5 Å². The molecular formula is C18H16N2O5. The van der Waals surface area contributed by atoms with E-state index in [2.05, 4.69) is 17.3 Å². The largest absolute Gasteiger partial charge is 0.496 e. The molecule has 2 amide bonds. The number of amides is 2. The van der Waals surface area contributed by atoms with Crippen molar-refractivity contribution >= 4 is 18.0 Å². The molecule has 1 saturated heterocycles. The van der Waals surface area contributed by atoms with Gasteiger partial charge in [0.05, 0.1) is 25.2 Å². The van der Waals surface area contributed by atoms with Crippen LogP contribution in [-0.2, 0) is 9.59 Å². The van der Waals surface area contributed by atoms with Gasteiger partial charge >= 0.3 is 0 Å². The number of imide groups is 1. The molecule has 0 aromatic heterocycles. The summed E-state index contributed by atoms with van der Waals surface area (Å²) in [7, 11) is 1.54. The van der Waals surface area contributed by atoms with Gasteiger partial charge in [0.2, 0.25) is 6.79 Å². The first-order chi connectivity index (χ1) is 12.2. The summed E-state index contributed by atoms with van der Waals surface area (Å²) in [5, 5.41) is 5.19. The van der Waals surface area contributed by atoms with E-state index in [1.165, 1.54) is 13.3 Å². The van der Waals surface area contributed by atoms with E-state index in [0.29, 0.717) is 22.8 Å². The molecule has 2 heterocycles. The smallest absolute Gasteiger partial charge is 0.254 e. The molecular weight excluding hydrogens is 324 g/mol. The number of hydrogen-bond acceptors (Lipinski definition) is 6. The zero-order valence-electron chi connectivity index (χ0n) is 13.5. The number of hydrogen-bond donors (Lipinski definition) is 0. The highest BCUT2D eigenvalue weighted by Gasteiger charge is 2.59. The lowest BCUT2D eigenvalue weighted by atomic mass is 9.85. The molecule has 1 aromatic rings. The lowest BCUT2D eigenvalue weighted by Crippen LogP contribution is -2.28. The van der Waals surface area contributed by atoms with Crippen LogP contribution in [0.3, 0.4) is 0 Å². The fraction of sp³-hybridized carbons (Fsp3) is 0.389. The monoisotopic (exact) mass is 340 g/mol. The minimum absolute atomic E-state index is 0.154. The van der Waals surface area contributed by atoms with Gasteiger partial charge in [0.1, 0.15) is 5.75 Å². The van der Waals surface area contributed by atoms with Gasteiger partial charge in [-0.1, -0.05) is 12.2 Å². The number of carbonyl (C=O) groups excluding carboxylic acids is 2. The Labute approximate surface area is 143 Å². The van der Waals surface area contributed by atoms with E-state index in [1.54, 1.807) is 12.1 Å². The van der Waals surface area contributed by atoms with Crippen molar-refractivity contribution in [1.29, 1.82) is 0 Å². The number of rotatable bonds is 3. The van der Waals surface area contributed by atoms with Crippen LogP contribution >= 0.6 is 0 Å². The summed E-state index contributed by atoms with van der Waals surface area (Å²) in [4.78, 5) is 25.3. The van der Waals surface area contributed by atoms with E-state index < -0.39 is 0 Å². The third-order valence-electron chi connectivity index (χ3n) is 5.48. The molecule has 2 aliphatic carbocycles. The Kier molecular flexibility index (Phi) is 2.95. The molecule has 7 nitrogen and oxygen atoms in total. The van der Waals surface area contributed by atoms with Crippen LogP contribution in [0.2, 0.25) is 0 Å². The highest BCUT2D eigenvalue weighted by atomic mass is 16.7. The van der Waals surface area contributed by atoms with Crippen molar-refractivity contribution in [2.24, 2.45) is 28.8 Å². The number of nitrogens with zero attached hydrogens (tertiary/aromatic N) is 2. The molecule has 4 aliphatic rings. The first kappa shape index (κ1) is 14.5. The second-order valence-corrected chi connectivity index (χ2v) is 6.68. The average molecular weight is 340 g/mol. The minimum Gasteiger partial charge on any atom is -0.496 e. The summed E-state index contributed by atoms with van der Waals surface area (Å²) < 4.78 is 16.0. The third-order valence-corrected chi connectivity index (χ3v) is 5.48. The molecule has 2 aliphatic heterocycles. The van der Waals surface area contributed by atoms with Gasteiger partial charge in [-0.15, -0.1) is 0 Å². The standard InChI is InChI=1S/C18H16N2O5/c1-23-12-6-14-13(24-8-25-14)5-11(12)7-19-20-17(21)15-9-2-3-10(4-9)16(15)18(20)22/h2-3,5-7,9-10,15-16H,4,8H2,1H3. The number of fused-ring (bicyclic) bond motifs is 6. The maximum absolute atomic E-state index is 12.6. The lowest BCUT2D eigenvalue weighted by Gasteiger charge is -2.13. The van der Waals surface area contributed by atoms with Gasteiger partial charge in [-0.25, -0.2) is 0 Å². The van der Waals surface area contributed by atoms with Crippen LogP contribution in [0.1, 0.15) is 12.0 Å². The van der Waals surface area contributed by atoms with Crippen LogP contribution in [0, 0.1) is 23.7 Å². The second kappa shape index (κ2) is 5.08. The van der Waals surface area contributed by atoms with Crippen molar-refractivity contribution in [3.63, 3.8) is 0 Å². The normalized spacial score (nSPS) is 31.5. The molecule has 4 atom stereocenters. The minimum atomic E-state index is -0.252. The Hall–Kier alpha value is -2.83. The van der Waals surface area contributed by atoms with E-state index >= 15 is 0 Å². The summed E-state index contributed by atoms with van der Waals surface area (Å²) in [5.41, 5.74) is 0.616. The van der Waals surface area contributed by atoms with E-state index in [-0.39, 0.29) is 42.3 Å². The molecule has 7 heteroatoms. The van der Waals surface area contributed by atoms with Crippen molar-refractivity contribution in [3.8, 4) is 17.2 Å². The SMILES string of the molecule is COc1cc2c(cc1C=NN1C(=O)C3C4C=CC(C4)C3C1=O)OCO2. The van der Waals surface area contributed by atoms with Crippen molar-refractivity contribution < 1.29 is 23.8 Å². The van der Waals surface area contributed by atoms with Crippen molar-refractivity contribution in [2.75, 3.05) is 13.9 Å². The van der Waals surface area contributed by atoms with Gasteiger partial charge in [0.25, 0.3) is 11.8 Å². The van der Waals surface area contributed by atoms with Crippen LogP contribution < -0.4 is 14.2 Å². The summed E-state index contributed by atoms with van der Waals surface area (Å²) in [5.74, 6) is 1.15. The predicted molar refractivity (Wildman–Crippen MR) is 86.3 cm³/mol. The van der Waals surface area contributed by atoms with Gasteiger partial charge in [-0.3, -0.25) is 9.59 Å². The number of ether oxygens (including phenoxy) is 3. The van der Waals surface area contributed by atoms with Crippen molar-refractivity contribution in [3.05, 3.63) is 29.8 Å². The van der Waals surface area contributed by atoms with Gasteiger partial charge in [-0.2, -0.15) is 10.1 Å². The summed E-state index contributed by atoms with van der Waals surface area (Å²) in [6, 6.07) is 3.43. The highest BCUT2D eigenvalue weighted by molar-refractivity contribution is 6.07. The second-order valence-electron chi connectivity index (χ2n) is 6.68. The van der Waals surface area contributed by atoms with E-state index in [1.807, 2.05) is 0 Å². The maximum Gasteiger partial charge on any atom is 0.254 e. The Balaban J connectivity index is 1.45. The van der Waals surface area contributed by atoms with Crippen LogP contribution in [-0.4, -0.2) is 36.9 Å². The topological polar surface area (TPSA) is 77.4 Å². The molecule has 2 fully saturated rings. The Morgan fingerprint density at radius 3 is 2.40 bits per heavy atom. The zero-order chi connectivity index (χ0) is 17.1. The zero-order valence-corrected chi connectivity index (χ0v) is 13.5. The Morgan fingerprint density at radius 2 is 1.76 bits per heavy atom. The summed E-state index contributed by atoms with van der Waals surface area (Å²) in [6.07, 6.45) is 6.49. The molecule has 1 saturated carbocycles. The van der Waals surface area contributed by atoms with Gasteiger partial charge < -0.3 is 14.2 Å². The molecule has 0 radical (unpaired) electrons. The molecule has 2 bridgehead atoms. The number of methoxy groups -OCH3 is 1. The van der Waals surface area contributed by atoms with Crippen LogP contribution in [0.25, 0.3) is 0 Å². The average Bonchev–Trinajstić information content (AvgIpc) is 3.37. The first-order valence-corrected chi connectivity index (χ1v) is 8.25. The van der Waals surface area contributed by atoms with Crippen LogP contribution in [0.4, 0.5) is 0 Å². The first-order valence-electron chi connectivity index (χ1n) is 8.25. The molecule has 0 N–H and O–H groups in total. The summed E-state index contributed by atoms with van der Waals surface area (Å²) >= 11 is 0. The number of benzene rings is 1. The van der Waals surface area contributed by atoms with E-state index in [0.717, 1.165) is 11.4 Å². The molecule has 0 spiro atoms. The van der Waals surface area contributed by atoms with E-state index in [4.69, 9.17) is 14.2 Å². The van der Waals surface area contributed by atoms with Gasteiger partial charge in [-0.05, 0) is 24.3 Å². The summed E-state index contributed by atoms with van der Waals surface area (Å²) in [6.45, 7) is 0.154. The number of hydrazone groups is 1. The molecule has 5 rings (SSSR count). The Morgan fingerprint density at radius 1 is 1.12 bits per heavy atom. The number of carbonyl (C=O) groups is 2. The van der Waals surface area contributed by atoms with E-state index in [9.17, 15) is 9.59 Å². The fourth-order valence-corrected chi connectivity index (χ4v) is 4.34. The quantitative estimate of drug-likeness (QED) is 0.474. The third kappa shape index (κ3) is 1.95. The van der Waals surface area contributed by atoms with Crippen LogP contribution in [0.15, 0.2) is 29.4 Å². The van der Waals surface area contributed by atoms with Crippen molar-refractivity contribution in [1.82, 2.24) is 5.01 Å². The lowest BCUT2D eigenvalue weighted by molar-refractivity contribution is -0.140. The maximum atomic E-state index is 12.6. The van der Waals surface area contributed by atoms with Gasteiger partial charge in [0, 0.05) is 11.6 Å². The predicted octanol–water partition coefficient (Wildman–Crippen LogP) is 1.56. The highest BCUT2D eigenvalue weighted by Crippen LogP contribution is 2.52. The van der Waals surface area contributed by atoms with Crippen molar-refractivity contribution in [2.45, 2.75) is 6.42 Å². The molecule has 1 aromatic carbocycles. The molecule has 4 unspecified atom stereocenters. The number of allylic oxidation sites excluding steroid dienone is 2. The fourth-order valence-electron chi connectivity index (χ4n) is 4.34. The molecule has 25 heavy (non-hydrogen) atoms. The molecule has 128 valence electrons.